The molecular weight excluding hydrogens is 539 g/mol. The van der Waals surface area contributed by atoms with Gasteiger partial charge >= 0.3 is 5.97 Å². The van der Waals surface area contributed by atoms with Gasteiger partial charge in [-0.2, -0.15) is 0 Å². The van der Waals surface area contributed by atoms with Crippen LogP contribution < -0.4 is 5.32 Å². The Morgan fingerprint density at radius 2 is 2.26 bits per heavy atom. The summed E-state index contributed by atoms with van der Waals surface area (Å²) in [6.45, 7) is 5.82. The van der Waals surface area contributed by atoms with Crippen molar-refractivity contribution in [2.45, 2.75) is 32.4 Å². The predicted octanol–water partition coefficient (Wildman–Crippen LogP) is 3.21. The van der Waals surface area contributed by atoms with Gasteiger partial charge in [-0.05, 0) is 31.0 Å². The number of carbonyl (C=O) groups is 1. The van der Waals surface area contributed by atoms with Gasteiger partial charge in [-0.25, -0.2) is 14.2 Å². The Kier molecular flexibility index (Phi) is 8.66. The molecule has 2 aliphatic heterocycles. The quantitative estimate of drug-likeness (QED) is 0.473. The molecule has 3 heterocycles. The normalized spacial score (nSPS) is 21.0. The number of benzene rings is 1. The van der Waals surface area contributed by atoms with E-state index in [1.807, 2.05) is 6.20 Å². The van der Waals surface area contributed by atoms with Gasteiger partial charge in [0.05, 0.1) is 38.0 Å². The van der Waals surface area contributed by atoms with Crippen LogP contribution in [0.3, 0.4) is 0 Å². The largest absolute Gasteiger partial charge is 0.463 e. The molecule has 188 valence electrons. The first-order valence-corrected chi connectivity index (χ1v) is 13.1. The van der Waals surface area contributed by atoms with Crippen molar-refractivity contribution in [2.24, 2.45) is 4.99 Å². The molecule has 35 heavy (non-hydrogen) atoms. The fourth-order valence-corrected chi connectivity index (χ4v) is 5.45. The number of aliphatic imine (C=N–C) groups is 1. The number of esters is 1. The van der Waals surface area contributed by atoms with Crippen molar-refractivity contribution >= 4 is 39.1 Å². The molecule has 2 atom stereocenters. The lowest BCUT2D eigenvalue weighted by Crippen LogP contribution is -2.50. The first kappa shape index (κ1) is 25.9. The summed E-state index contributed by atoms with van der Waals surface area (Å²) in [5.74, 6) is -0.360. The van der Waals surface area contributed by atoms with E-state index in [2.05, 4.69) is 38.1 Å². The standard InChI is InChI=1S/C24H28BrFN4O4S/c1-3-16-10-27-23(35-16)22-28-19(11-30-7-8-33-13-15(30)12-31)20(24(32)34-4-2)21(29-22)17-6-5-14(26)9-18(17)25/h5-6,9-10,15,21,31H,3-4,7-8,11-13H2,1-2H3,(H,28,29). The van der Waals surface area contributed by atoms with E-state index in [1.54, 1.807) is 13.0 Å². The molecule has 2 unspecified atom stereocenters. The number of aromatic nitrogens is 1. The Labute approximate surface area is 216 Å². The number of hydrogen-bond acceptors (Lipinski definition) is 9. The maximum atomic E-state index is 13.9. The molecule has 8 nitrogen and oxygen atoms in total. The number of carbonyl (C=O) groups excluding carboxylic acids is 1. The van der Waals surface area contributed by atoms with Crippen molar-refractivity contribution in [1.29, 1.82) is 0 Å². The van der Waals surface area contributed by atoms with Gasteiger partial charge in [0.1, 0.15) is 11.9 Å². The number of aryl methyl sites for hydroxylation is 1. The molecule has 1 fully saturated rings. The summed E-state index contributed by atoms with van der Waals surface area (Å²) in [6.07, 6.45) is 2.67. The summed E-state index contributed by atoms with van der Waals surface area (Å²) in [4.78, 5) is 25.9. The van der Waals surface area contributed by atoms with Gasteiger partial charge < -0.3 is 19.9 Å². The van der Waals surface area contributed by atoms with E-state index >= 15 is 0 Å². The maximum absolute atomic E-state index is 13.9. The number of rotatable bonds is 8. The van der Waals surface area contributed by atoms with Crippen LogP contribution in [-0.4, -0.2) is 72.4 Å². The van der Waals surface area contributed by atoms with E-state index in [0.29, 0.717) is 58.5 Å². The average Bonchev–Trinajstić information content (AvgIpc) is 3.33. The minimum absolute atomic E-state index is 0.0672. The maximum Gasteiger partial charge on any atom is 0.338 e. The van der Waals surface area contributed by atoms with Gasteiger partial charge in [-0.1, -0.05) is 28.9 Å². The Balaban J connectivity index is 1.83. The lowest BCUT2D eigenvalue weighted by molar-refractivity contribution is -0.139. The summed E-state index contributed by atoms with van der Waals surface area (Å²) in [5.41, 5.74) is 1.60. The topological polar surface area (TPSA) is 96.3 Å². The number of morpholine rings is 1. The number of nitrogens with one attached hydrogen (secondary N) is 1. The number of aliphatic hydroxyl groups is 1. The number of hydrogen-bond donors (Lipinski definition) is 2. The van der Waals surface area contributed by atoms with Gasteiger partial charge in [0, 0.05) is 34.3 Å². The van der Waals surface area contributed by atoms with Crippen LogP contribution in [0.4, 0.5) is 4.39 Å². The fourth-order valence-electron chi connectivity index (χ4n) is 4.08. The van der Waals surface area contributed by atoms with E-state index in [1.165, 1.54) is 23.5 Å². The van der Waals surface area contributed by atoms with Crippen LogP contribution in [0, 0.1) is 5.82 Å². The molecule has 2 aromatic rings. The molecular formula is C24H28BrFN4O4S. The molecule has 1 aromatic carbocycles. The molecule has 0 amide bonds. The molecule has 0 saturated carbocycles. The van der Waals surface area contributed by atoms with Gasteiger partial charge in [-0.3, -0.25) is 9.89 Å². The minimum Gasteiger partial charge on any atom is -0.463 e. The number of halogens is 2. The second kappa shape index (κ2) is 11.7. The summed E-state index contributed by atoms with van der Waals surface area (Å²) in [6, 6.07) is 3.39. The molecule has 2 aliphatic rings. The van der Waals surface area contributed by atoms with Crippen LogP contribution in [-0.2, 0) is 20.7 Å². The molecule has 2 N–H and O–H groups in total. The second-order valence-corrected chi connectivity index (χ2v) is 10.1. The van der Waals surface area contributed by atoms with Gasteiger partial charge in [-0.15, -0.1) is 11.3 Å². The third-order valence-corrected chi connectivity index (χ3v) is 7.74. The molecule has 0 aliphatic carbocycles. The smallest absolute Gasteiger partial charge is 0.338 e. The zero-order valence-corrected chi connectivity index (χ0v) is 22.0. The molecule has 11 heteroatoms. The van der Waals surface area contributed by atoms with E-state index < -0.39 is 17.8 Å². The van der Waals surface area contributed by atoms with Crippen molar-refractivity contribution in [1.82, 2.24) is 15.2 Å². The van der Waals surface area contributed by atoms with Crippen molar-refractivity contribution in [3.63, 3.8) is 0 Å². The Morgan fingerprint density at radius 1 is 1.43 bits per heavy atom. The average molecular weight is 567 g/mol. The van der Waals surface area contributed by atoms with Gasteiger partial charge in [0.25, 0.3) is 0 Å². The number of amidine groups is 1. The lowest BCUT2D eigenvalue weighted by atomic mass is 9.95. The van der Waals surface area contributed by atoms with Gasteiger partial charge in [0.15, 0.2) is 10.8 Å². The third-order valence-electron chi connectivity index (χ3n) is 5.90. The molecule has 0 bridgehead atoms. The second-order valence-electron chi connectivity index (χ2n) is 8.15. The van der Waals surface area contributed by atoms with Crippen LogP contribution in [0.1, 0.15) is 35.3 Å². The first-order chi connectivity index (χ1) is 16.9. The Morgan fingerprint density at radius 3 is 2.94 bits per heavy atom. The number of nitrogens with zero attached hydrogens (tertiary/aromatic N) is 3. The summed E-state index contributed by atoms with van der Waals surface area (Å²) in [5, 5.41) is 13.9. The highest BCUT2D eigenvalue weighted by atomic mass is 79.9. The summed E-state index contributed by atoms with van der Waals surface area (Å²) < 4.78 is 25.4. The number of aliphatic hydroxyl groups excluding tert-OH is 1. The van der Waals surface area contributed by atoms with Crippen LogP contribution in [0.25, 0.3) is 0 Å². The minimum atomic E-state index is -0.738. The highest BCUT2D eigenvalue weighted by Crippen LogP contribution is 2.37. The molecule has 0 spiro atoms. The van der Waals surface area contributed by atoms with Crippen molar-refractivity contribution in [3.05, 3.63) is 61.4 Å². The summed E-state index contributed by atoms with van der Waals surface area (Å²) in [7, 11) is 0. The Bertz CT molecular complexity index is 1140. The van der Waals surface area contributed by atoms with Crippen LogP contribution in [0.5, 0.6) is 0 Å². The van der Waals surface area contributed by atoms with E-state index in [4.69, 9.17) is 14.5 Å². The Hall–Kier alpha value is -2.18. The monoisotopic (exact) mass is 566 g/mol. The molecule has 1 aromatic heterocycles. The first-order valence-electron chi connectivity index (χ1n) is 11.5. The van der Waals surface area contributed by atoms with Crippen LogP contribution >= 0.6 is 27.3 Å². The van der Waals surface area contributed by atoms with Crippen molar-refractivity contribution in [2.75, 3.05) is 39.5 Å². The number of thiazole rings is 1. The highest BCUT2D eigenvalue weighted by molar-refractivity contribution is 9.10. The van der Waals surface area contributed by atoms with E-state index in [-0.39, 0.29) is 19.3 Å². The van der Waals surface area contributed by atoms with Gasteiger partial charge in [0.2, 0.25) is 0 Å². The highest BCUT2D eigenvalue weighted by Gasteiger charge is 2.36. The summed E-state index contributed by atoms with van der Waals surface area (Å²) >= 11 is 4.98. The molecule has 1 saturated heterocycles. The van der Waals surface area contributed by atoms with E-state index in [0.717, 1.165) is 11.3 Å². The van der Waals surface area contributed by atoms with Crippen molar-refractivity contribution < 1.29 is 23.8 Å². The molecule has 4 rings (SSSR count). The van der Waals surface area contributed by atoms with Crippen LogP contribution in [0.2, 0.25) is 0 Å². The van der Waals surface area contributed by atoms with Crippen LogP contribution in [0.15, 0.2) is 45.1 Å². The third kappa shape index (κ3) is 5.80. The fraction of sp³-hybridized carbons (Fsp3) is 0.458. The zero-order chi connectivity index (χ0) is 24.9. The predicted molar refractivity (Wildman–Crippen MR) is 135 cm³/mol. The lowest BCUT2D eigenvalue weighted by Gasteiger charge is -2.37. The van der Waals surface area contributed by atoms with Crippen molar-refractivity contribution in [3.8, 4) is 0 Å². The SMILES string of the molecule is CCOC(=O)C1=C(CN2CCOCC2CO)NC(c2ncc(CC)s2)=NC1c1ccc(F)cc1Br. The van der Waals surface area contributed by atoms with E-state index in [9.17, 15) is 14.3 Å². The zero-order valence-electron chi connectivity index (χ0n) is 19.6. The molecule has 0 radical (unpaired) electrons. The number of ether oxygens (including phenoxy) is 2.